The van der Waals surface area contributed by atoms with Crippen LogP contribution in [-0.4, -0.2) is 17.0 Å². The highest BCUT2D eigenvalue weighted by atomic mass is 16.3. The molecule has 0 aromatic heterocycles. The van der Waals surface area contributed by atoms with E-state index in [1.807, 2.05) is 6.08 Å². The third kappa shape index (κ3) is 1.78. The second-order valence-corrected chi connectivity index (χ2v) is 8.68. The highest BCUT2D eigenvalue weighted by Crippen LogP contribution is 2.64. The van der Waals surface area contributed by atoms with Gasteiger partial charge in [-0.2, -0.15) is 0 Å². The average molecular weight is 288 g/mol. The summed E-state index contributed by atoms with van der Waals surface area (Å²) in [7, 11) is 0. The molecule has 0 bridgehead atoms. The summed E-state index contributed by atoms with van der Waals surface area (Å²) in [6, 6.07) is 0. The molecule has 4 rings (SSSR count). The number of allylic oxidation sites excluding steroid dienone is 2. The second-order valence-electron chi connectivity index (χ2n) is 8.68. The largest absolute Gasteiger partial charge is 0.393 e. The van der Waals surface area contributed by atoms with E-state index in [-0.39, 0.29) is 11.5 Å². The van der Waals surface area contributed by atoms with Crippen LogP contribution >= 0.6 is 0 Å². The van der Waals surface area contributed by atoms with Crippen molar-refractivity contribution in [2.45, 2.75) is 64.9 Å². The summed E-state index contributed by atoms with van der Waals surface area (Å²) < 4.78 is 0. The molecule has 3 saturated carbocycles. The van der Waals surface area contributed by atoms with Gasteiger partial charge in [-0.3, -0.25) is 4.79 Å². The van der Waals surface area contributed by atoms with E-state index >= 15 is 0 Å². The lowest BCUT2D eigenvalue weighted by Crippen LogP contribution is -2.54. The van der Waals surface area contributed by atoms with Crippen LogP contribution in [-0.2, 0) is 4.79 Å². The van der Waals surface area contributed by atoms with E-state index in [0.29, 0.717) is 29.0 Å². The Morgan fingerprint density at radius 1 is 1.14 bits per heavy atom. The number of aliphatic hydroxyl groups excluding tert-OH is 1. The van der Waals surface area contributed by atoms with Crippen molar-refractivity contribution in [2.24, 2.45) is 34.5 Å². The van der Waals surface area contributed by atoms with Crippen LogP contribution < -0.4 is 0 Å². The maximum absolute atomic E-state index is 12.3. The summed E-state index contributed by atoms with van der Waals surface area (Å²) >= 11 is 0. The first kappa shape index (κ1) is 14.0. The van der Waals surface area contributed by atoms with Crippen molar-refractivity contribution < 1.29 is 9.90 Å². The smallest absolute Gasteiger partial charge is 0.161 e. The number of rotatable bonds is 0. The van der Waals surface area contributed by atoms with Crippen molar-refractivity contribution in [3.63, 3.8) is 0 Å². The number of fused-ring (bicyclic) bond motifs is 5. The van der Waals surface area contributed by atoms with Crippen molar-refractivity contribution in [2.75, 3.05) is 0 Å². The summed E-state index contributed by atoms with van der Waals surface area (Å²) in [4.78, 5) is 12.3. The number of hydrogen-bond acceptors (Lipinski definition) is 2. The fraction of sp³-hybridized carbons (Fsp3) is 0.842. The van der Waals surface area contributed by atoms with Crippen LogP contribution in [0.2, 0.25) is 0 Å². The van der Waals surface area contributed by atoms with Gasteiger partial charge in [-0.1, -0.05) is 19.9 Å². The van der Waals surface area contributed by atoms with E-state index in [1.165, 1.54) is 25.7 Å². The maximum atomic E-state index is 12.3. The van der Waals surface area contributed by atoms with Gasteiger partial charge in [0.15, 0.2) is 5.78 Å². The molecule has 3 fully saturated rings. The van der Waals surface area contributed by atoms with Gasteiger partial charge in [0.1, 0.15) is 0 Å². The monoisotopic (exact) mass is 288 g/mol. The Kier molecular flexibility index (Phi) is 2.96. The van der Waals surface area contributed by atoms with E-state index in [0.717, 1.165) is 25.2 Å². The van der Waals surface area contributed by atoms with Gasteiger partial charge >= 0.3 is 0 Å². The van der Waals surface area contributed by atoms with Gasteiger partial charge in [0, 0.05) is 5.41 Å². The Balaban J connectivity index is 1.65. The van der Waals surface area contributed by atoms with Crippen molar-refractivity contribution in [1.82, 2.24) is 0 Å². The molecule has 0 heterocycles. The maximum Gasteiger partial charge on any atom is 0.161 e. The molecular weight excluding hydrogens is 260 g/mol. The van der Waals surface area contributed by atoms with Gasteiger partial charge in [-0.05, 0) is 80.1 Å². The quantitative estimate of drug-likeness (QED) is 0.737. The normalized spacial score (nSPS) is 55.8. The fourth-order valence-electron chi connectivity index (χ4n) is 6.51. The molecule has 7 atom stereocenters. The number of hydrogen-bond donors (Lipinski definition) is 1. The van der Waals surface area contributed by atoms with Gasteiger partial charge in [0.05, 0.1) is 6.10 Å². The lowest BCUT2D eigenvalue weighted by molar-refractivity contribution is -0.139. The minimum Gasteiger partial charge on any atom is -0.393 e. The number of aliphatic hydroxyl groups is 1. The number of carbonyl (C=O) groups is 1. The Bertz CT molecular complexity index is 496. The first-order valence-corrected chi connectivity index (χ1v) is 8.86. The van der Waals surface area contributed by atoms with E-state index in [4.69, 9.17) is 0 Å². The van der Waals surface area contributed by atoms with Crippen molar-refractivity contribution in [1.29, 1.82) is 0 Å². The van der Waals surface area contributed by atoms with Crippen LogP contribution in [0.5, 0.6) is 0 Å². The molecule has 0 spiro atoms. The predicted octanol–water partition coefficient (Wildman–Crippen LogP) is 3.74. The average Bonchev–Trinajstić information content (AvgIpc) is 2.76. The van der Waals surface area contributed by atoms with E-state index in [9.17, 15) is 9.90 Å². The summed E-state index contributed by atoms with van der Waals surface area (Å²) in [5.74, 6) is 3.01. The minimum atomic E-state index is -0.0987. The first-order chi connectivity index (χ1) is 9.95. The predicted molar refractivity (Wildman–Crippen MR) is 82.6 cm³/mol. The molecule has 0 aliphatic heterocycles. The van der Waals surface area contributed by atoms with Crippen LogP contribution in [0, 0.1) is 34.5 Å². The standard InChI is InChI=1S/C19H28O2/c1-18-9-7-13(20)11-12(18)3-4-14-15-5-6-17(21)19(15,2)10-8-16(14)18/h5-6,12-16,20H,3-4,7-11H2,1-2H3/t12-,13?,14-,15-,16-,18-,19-/m0/s1. The molecular formula is C19H28O2. The van der Waals surface area contributed by atoms with Gasteiger partial charge in [0.25, 0.3) is 0 Å². The minimum absolute atomic E-state index is 0.0681. The van der Waals surface area contributed by atoms with E-state index in [1.54, 1.807) is 0 Å². The van der Waals surface area contributed by atoms with Crippen molar-refractivity contribution in [3.8, 4) is 0 Å². The van der Waals surface area contributed by atoms with Gasteiger partial charge in [0.2, 0.25) is 0 Å². The van der Waals surface area contributed by atoms with E-state index in [2.05, 4.69) is 19.9 Å². The summed E-state index contributed by atoms with van der Waals surface area (Å²) in [6.45, 7) is 4.69. The van der Waals surface area contributed by atoms with Crippen LogP contribution in [0.15, 0.2) is 12.2 Å². The van der Waals surface area contributed by atoms with Crippen molar-refractivity contribution >= 4 is 5.78 Å². The highest BCUT2D eigenvalue weighted by molar-refractivity contribution is 5.97. The van der Waals surface area contributed by atoms with Crippen molar-refractivity contribution in [3.05, 3.63) is 12.2 Å². The molecule has 1 unspecified atom stereocenters. The lowest BCUT2D eigenvalue weighted by atomic mass is 9.45. The molecule has 4 aliphatic carbocycles. The molecule has 0 saturated heterocycles. The molecule has 1 N–H and O–H groups in total. The van der Waals surface area contributed by atoms with Crippen LogP contribution in [0.4, 0.5) is 0 Å². The zero-order valence-electron chi connectivity index (χ0n) is 13.3. The summed E-state index contributed by atoms with van der Waals surface area (Å²) in [5, 5.41) is 10.0. The van der Waals surface area contributed by atoms with Crippen LogP contribution in [0.25, 0.3) is 0 Å². The lowest BCUT2D eigenvalue weighted by Gasteiger charge is -2.59. The number of ketones is 1. The molecule has 0 aromatic carbocycles. The van der Waals surface area contributed by atoms with Gasteiger partial charge in [-0.25, -0.2) is 0 Å². The zero-order chi connectivity index (χ0) is 14.8. The molecule has 0 amide bonds. The number of carbonyl (C=O) groups excluding carboxylic acids is 1. The van der Waals surface area contributed by atoms with Gasteiger partial charge < -0.3 is 5.11 Å². The molecule has 4 aliphatic rings. The molecule has 0 radical (unpaired) electrons. The molecule has 0 aromatic rings. The van der Waals surface area contributed by atoms with Crippen LogP contribution in [0.1, 0.15) is 58.8 Å². The SMILES string of the molecule is C[C@]12CCC(O)C[C@@H]1CC[C@@H]1[C@@H]2CC[C@]2(C)C(=O)C=C[C@@H]12. The third-order valence-corrected chi connectivity index (χ3v) is 7.91. The topological polar surface area (TPSA) is 37.3 Å². The molecule has 21 heavy (non-hydrogen) atoms. The third-order valence-electron chi connectivity index (χ3n) is 7.91. The Labute approximate surface area is 128 Å². The summed E-state index contributed by atoms with van der Waals surface area (Å²) in [5.41, 5.74) is 0.307. The Morgan fingerprint density at radius 3 is 2.76 bits per heavy atom. The van der Waals surface area contributed by atoms with Gasteiger partial charge in [-0.15, -0.1) is 0 Å². The highest BCUT2D eigenvalue weighted by Gasteiger charge is 2.58. The molecule has 2 heteroatoms. The van der Waals surface area contributed by atoms with E-state index < -0.39 is 0 Å². The summed E-state index contributed by atoms with van der Waals surface area (Å²) in [6.07, 6.45) is 12.0. The van der Waals surface area contributed by atoms with Crippen LogP contribution in [0.3, 0.4) is 0 Å². The Hall–Kier alpha value is -0.630. The second kappa shape index (κ2) is 4.44. The molecule has 2 nitrogen and oxygen atoms in total. The zero-order valence-corrected chi connectivity index (χ0v) is 13.3. The Morgan fingerprint density at radius 2 is 1.95 bits per heavy atom. The fourth-order valence-corrected chi connectivity index (χ4v) is 6.51. The first-order valence-electron chi connectivity index (χ1n) is 8.86. The molecule has 116 valence electrons.